The van der Waals surface area contributed by atoms with E-state index in [1.54, 1.807) is 20.0 Å². The lowest BCUT2D eigenvalue weighted by atomic mass is 10.2. The van der Waals surface area contributed by atoms with Crippen LogP contribution < -0.4 is 4.72 Å². The summed E-state index contributed by atoms with van der Waals surface area (Å²) in [5.74, 6) is -0.156. The van der Waals surface area contributed by atoms with E-state index < -0.39 is 10.0 Å². The van der Waals surface area contributed by atoms with Crippen LogP contribution in [0.4, 0.5) is 5.69 Å². The number of sulfonamides is 1. The molecule has 1 heterocycles. The van der Waals surface area contributed by atoms with Gasteiger partial charge in [0.15, 0.2) is 0 Å². The van der Waals surface area contributed by atoms with Gasteiger partial charge in [-0.15, -0.1) is 0 Å². The number of aryl methyl sites for hydroxylation is 2. The molecule has 8 heteroatoms. The third-order valence-electron chi connectivity index (χ3n) is 2.50. The van der Waals surface area contributed by atoms with Crippen LogP contribution >= 0.6 is 11.6 Å². The van der Waals surface area contributed by atoms with Gasteiger partial charge in [-0.05, 0) is 24.6 Å². The number of phenols is 1. The molecule has 2 aromatic rings. The fourth-order valence-corrected chi connectivity index (χ4v) is 2.87. The van der Waals surface area contributed by atoms with Gasteiger partial charge in [0.2, 0.25) is 0 Å². The Morgan fingerprint density at radius 1 is 1.42 bits per heavy atom. The van der Waals surface area contributed by atoms with Crippen LogP contribution in [0.2, 0.25) is 5.02 Å². The van der Waals surface area contributed by atoms with E-state index in [0.717, 1.165) is 0 Å². The van der Waals surface area contributed by atoms with E-state index in [9.17, 15) is 13.5 Å². The maximum atomic E-state index is 12.1. The number of hydrogen-bond acceptors (Lipinski definition) is 4. The second-order valence-corrected chi connectivity index (χ2v) is 6.19. The first-order valence-electron chi connectivity index (χ1n) is 5.30. The van der Waals surface area contributed by atoms with Gasteiger partial charge in [-0.2, -0.15) is 5.10 Å². The average Bonchev–Trinajstić information content (AvgIpc) is 2.72. The summed E-state index contributed by atoms with van der Waals surface area (Å²) in [7, 11) is -2.19. The van der Waals surface area contributed by atoms with Crippen LogP contribution in [-0.4, -0.2) is 23.3 Å². The molecule has 0 saturated heterocycles. The molecule has 0 bridgehead atoms. The Kier molecular flexibility index (Phi) is 3.42. The number of anilines is 1. The van der Waals surface area contributed by atoms with Crippen molar-refractivity contribution in [1.82, 2.24) is 9.78 Å². The van der Waals surface area contributed by atoms with Crippen molar-refractivity contribution in [2.75, 3.05) is 4.72 Å². The normalized spacial score (nSPS) is 11.5. The van der Waals surface area contributed by atoms with Crippen molar-refractivity contribution in [2.45, 2.75) is 11.8 Å². The molecule has 2 rings (SSSR count). The number of benzene rings is 1. The molecule has 0 spiro atoms. The molecule has 0 amide bonds. The van der Waals surface area contributed by atoms with Gasteiger partial charge in [-0.1, -0.05) is 11.6 Å². The standard InChI is InChI=1S/C11H12ClN3O3S/c1-7-3-8(12)4-10(11(7)16)14-19(17,18)9-5-13-15(2)6-9/h3-6,14,16H,1-2H3. The third kappa shape index (κ3) is 2.82. The zero-order valence-corrected chi connectivity index (χ0v) is 11.8. The first kappa shape index (κ1) is 13.7. The second kappa shape index (κ2) is 4.75. The molecule has 19 heavy (non-hydrogen) atoms. The summed E-state index contributed by atoms with van der Waals surface area (Å²) in [4.78, 5) is 0.00651. The molecule has 0 fully saturated rings. The Balaban J connectivity index is 2.41. The monoisotopic (exact) mass is 301 g/mol. The number of aromatic hydroxyl groups is 1. The molecule has 1 aromatic heterocycles. The Hall–Kier alpha value is -1.73. The van der Waals surface area contributed by atoms with Gasteiger partial charge in [-0.3, -0.25) is 9.40 Å². The van der Waals surface area contributed by atoms with Gasteiger partial charge in [0.05, 0.1) is 11.9 Å². The van der Waals surface area contributed by atoms with E-state index in [1.807, 2.05) is 0 Å². The molecule has 0 aliphatic carbocycles. The maximum absolute atomic E-state index is 12.1. The van der Waals surface area contributed by atoms with E-state index in [-0.39, 0.29) is 16.3 Å². The lowest BCUT2D eigenvalue weighted by Gasteiger charge is -2.10. The summed E-state index contributed by atoms with van der Waals surface area (Å²) in [6.45, 7) is 1.63. The molecule has 102 valence electrons. The highest BCUT2D eigenvalue weighted by Gasteiger charge is 2.18. The highest BCUT2D eigenvalue weighted by atomic mass is 35.5. The number of halogens is 1. The van der Waals surface area contributed by atoms with Crippen molar-refractivity contribution < 1.29 is 13.5 Å². The summed E-state index contributed by atoms with van der Waals surface area (Å²) in [6, 6.07) is 2.89. The van der Waals surface area contributed by atoms with Crippen LogP contribution in [0.25, 0.3) is 0 Å². The van der Waals surface area contributed by atoms with Crippen LogP contribution in [0.1, 0.15) is 5.56 Å². The minimum atomic E-state index is -3.80. The molecule has 6 nitrogen and oxygen atoms in total. The average molecular weight is 302 g/mol. The minimum absolute atomic E-state index is 0.00651. The number of nitrogens with zero attached hydrogens (tertiary/aromatic N) is 2. The van der Waals surface area contributed by atoms with Crippen LogP contribution in [0.5, 0.6) is 5.75 Å². The number of nitrogens with one attached hydrogen (secondary N) is 1. The first-order valence-corrected chi connectivity index (χ1v) is 7.16. The number of phenolic OH excluding ortho intramolecular Hbond substituents is 1. The SMILES string of the molecule is Cc1cc(Cl)cc(NS(=O)(=O)c2cnn(C)c2)c1O. The van der Waals surface area contributed by atoms with Crippen molar-refractivity contribution in [2.24, 2.45) is 7.05 Å². The van der Waals surface area contributed by atoms with Crippen LogP contribution in [0.15, 0.2) is 29.4 Å². The Morgan fingerprint density at radius 2 is 2.11 bits per heavy atom. The summed E-state index contributed by atoms with van der Waals surface area (Å²) in [5, 5.41) is 14.0. The van der Waals surface area contributed by atoms with Gasteiger partial charge in [0.25, 0.3) is 10.0 Å². The Labute approximate surface area is 115 Å². The van der Waals surface area contributed by atoms with E-state index >= 15 is 0 Å². The Bertz CT molecular complexity index is 725. The van der Waals surface area contributed by atoms with Crippen molar-refractivity contribution in [3.8, 4) is 5.75 Å². The fourth-order valence-electron chi connectivity index (χ4n) is 1.55. The van der Waals surface area contributed by atoms with Crippen LogP contribution in [0, 0.1) is 6.92 Å². The number of hydrogen-bond donors (Lipinski definition) is 2. The quantitative estimate of drug-likeness (QED) is 0.848. The summed E-state index contributed by atoms with van der Waals surface area (Å²) in [5.41, 5.74) is 0.519. The molecule has 0 saturated carbocycles. The van der Waals surface area contributed by atoms with Crippen LogP contribution in [-0.2, 0) is 17.1 Å². The van der Waals surface area contributed by atoms with E-state index in [0.29, 0.717) is 10.6 Å². The molecule has 2 N–H and O–H groups in total. The molecule has 0 aliphatic rings. The number of aromatic nitrogens is 2. The van der Waals surface area contributed by atoms with Gasteiger partial charge < -0.3 is 5.11 Å². The second-order valence-electron chi connectivity index (χ2n) is 4.07. The van der Waals surface area contributed by atoms with Gasteiger partial charge in [0, 0.05) is 18.3 Å². The van der Waals surface area contributed by atoms with Crippen molar-refractivity contribution in [3.05, 3.63) is 35.1 Å². The van der Waals surface area contributed by atoms with Gasteiger partial charge in [-0.25, -0.2) is 8.42 Å². The van der Waals surface area contributed by atoms with Gasteiger partial charge in [0.1, 0.15) is 10.6 Å². The minimum Gasteiger partial charge on any atom is -0.505 e. The highest BCUT2D eigenvalue weighted by Crippen LogP contribution is 2.32. The summed E-state index contributed by atoms with van der Waals surface area (Å²) < 4.78 is 27.8. The molecule has 0 atom stereocenters. The molecule has 1 aromatic carbocycles. The lowest BCUT2D eigenvalue weighted by molar-refractivity contribution is 0.473. The molecule has 0 unspecified atom stereocenters. The summed E-state index contributed by atoms with van der Waals surface area (Å²) >= 11 is 5.84. The molecule has 0 aliphatic heterocycles. The van der Waals surface area contributed by atoms with E-state index in [1.165, 1.54) is 23.1 Å². The van der Waals surface area contributed by atoms with E-state index in [2.05, 4.69) is 9.82 Å². The van der Waals surface area contributed by atoms with Crippen molar-refractivity contribution in [3.63, 3.8) is 0 Å². The molecular formula is C11H12ClN3O3S. The smallest absolute Gasteiger partial charge is 0.265 e. The Morgan fingerprint density at radius 3 is 2.68 bits per heavy atom. The zero-order valence-electron chi connectivity index (χ0n) is 10.3. The van der Waals surface area contributed by atoms with Gasteiger partial charge >= 0.3 is 0 Å². The predicted molar refractivity (Wildman–Crippen MR) is 71.9 cm³/mol. The third-order valence-corrected chi connectivity index (χ3v) is 4.04. The molecular weight excluding hydrogens is 290 g/mol. The maximum Gasteiger partial charge on any atom is 0.265 e. The number of rotatable bonds is 3. The lowest BCUT2D eigenvalue weighted by Crippen LogP contribution is -2.12. The van der Waals surface area contributed by atoms with Crippen LogP contribution in [0.3, 0.4) is 0 Å². The summed E-state index contributed by atoms with van der Waals surface area (Å²) in [6.07, 6.45) is 2.58. The van der Waals surface area contributed by atoms with Crippen molar-refractivity contribution in [1.29, 1.82) is 0 Å². The highest BCUT2D eigenvalue weighted by molar-refractivity contribution is 7.92. The first-order chi connectivity index (χ1) is 8.79. The fraction of sp³-hybridized carbons (Fsp3) is 0.182. The van der Waals surface area contributed by atoms with E-state index in [4.69, 9.17) is 11.6 Å². The molecule has 0 radical (unpaired) electrons. The predicted octanol–water partition coefficient (Wildman–Crippen LogP) is 1.89. The topological polar surface area (TPSA) is 84.2 Å². The van der Waals surface area contributed by atoms with Crippen molar-refractivity contribution >= 4 is 27.3 Å². The zero-order chi connectivity index (χ0) is 14.2. The largest absolute Gasteiger partial charge is 0.505 e.